The van der Waals surface area contributed by atoms with Gasteiger partial charge in [0.1, 0.15) is 7.28 Å². The average molecular weight is 257 g/mol. The summed E-state index contributed by atoms with van der Waals surface area (Å²) in [7, 11) is 2.74. The quantitative estimate of drug-likeness (QED) is 0.557. The smallest absolute Gasteiger partial charge is 0.0683 e. The molecule has 0 spiro atoms. The van der Waals surface area contributed by atoms with E-state index in [2.05, 4.69) is 28.1 Å². The SMILES string of the molecule is CC1(C)C2CCC(C)(C3CC4[B]C(CCC4)C3)[C@@H]1C2. The summed E-state index contributed by atoms with van der Waals surface area (Å²) < 4.78 is 0. The summed E-state index contributed by atoms with van der Waals surface area (Å²) in [6, 6.07) is 0. The highest BCUT2D eigenvalue weighted by atomic mass is 14.7. The molecule has 2 heterocycles. The van der Waals surface area contributed by atoms with Gasteiger partial charge in [0, 0.05) is 0 Å². The van der Waals surface area contributed by atoms with Gasteiger partial charge in [0.15, 0.2) is 0 Å². The molecule has 1 radical (unpaired) electrons. The third-order valence-electron chi connectivity index (χ3n) is 8.10. The van der Waals surface area contributed by atoms with E-state index in [4.69, 9.17) is 0 Å². The van der Waals surface area contributed by atoms with Gasteiger partial charge in [-0.15, -0.1) is 0 Å². The van der Waals surface area contributed by atoms with Gasteiger partial charge in [-0.1, -0.05) is 64.5 Å². The van der Waals surface area contributed by atoms with Gasteiger partial charge in [-0.05, 0) is 47.8 Å². The van der Waals surface area contributed by atoms with Crippen molar-refractivity contribution in [2.45, 2.75) is 83.8 Å². The lowest BCUT2D eigenvalue weighted by molar-refractivity contribution is -0.175. The maximum atomic E-state index is 2.74. The van der Waals surface area contributed by atoms with E-state index in [0.29, 0.717) is 10.8 Å². The van der Waals surface area contributed by atoms with Crippen molar-refractivity contribution in [1.82, 2.24) is 0 Å². The van der Waals surface area contributed by atoms with Crippen LogP contribution < -0.4 is 0 Å². The Kier molecular flexibility index (Phi) is 2.72. The fraction of sp³-hybridized carbons (Fsp3) is 1.00. The fourth-order valence-electron chi connectivity index (χ4n) is 6.75. The van der Waals surface area contributed by atoms with Crippen LogP contribution in [0, 0.1) is 28.6 Å². The van der Waals surface area contributed by atoms with E-state index < -0.39 is 0 Å². The van der Waals surface area contributed by atoms with Crippen LogP contribution in [0.2, 0.25) is 11.6 Å². The second kappa shape index (κ2) is 4.04. The minimum atomic E-state index is 0.656. The van der Waals surface area contributed by atoms with Crippen LogP contribution in [0.25, 0.3) is 0 Å². The zero-order valence-electron chi connectivity index (χ0n) is 13.1. The Morgan fingerprint density at radius 1 is 0.842 bits per heavy atom. The molecule has 0 aromatic carbocycles. The highest BCUT2D eigenvalue weighted by molar-refractivity contribution is 6.40. The predicted molar refractivity (Wildman–Crippen MR) is 82.5 cm³/mol. The van der Waals surface area contributed by atoms with E-state index in [9.17, 15) is 0 Å². The average Bonchev–Trinajstić information content (AvgIpc) is 2.38. The first-order valence-corrected chi connectivity index (χ1v) is 8.85. The summed E-state index contributed by atoms with van der Waals surface area (Å²) in [6.07, 6.45) is 12.2. The van der Waals surface area contributed by atoms with E-state index in [1.54, 1.807) is 6.42 Å². The first-order chi connectivity index (χ1) is 9.00. The highest BCUT2D eigenvalue weighted by Gasteiger charge is 2.61. The summed E-state index contributed by atoms with van der Waals surface area (Å²) in [5, 5.41) is 0. The zero-order chi connectivity index (χ0) is 13.3. The van der Waals surface area contributed by atoms with Crippen LogP contribution in [-0.4, -0.2) is 7.28 Å². The minimum absolute atomic E-state index is 0.656. The van der Waals surface area contributed by atoms with Gasteiger partial charge in [-0.3, -0.25) is 0 Å². The molecular weight excluding hydrogens is 227 g/mol. The Balaban J connectivity index is 1.57. The Morgan fingerprint density at radius 3 is 2.11 bits per heavy atom. The number of fused-ring (bicyclic) bond motifs is 4. The summed E-state index contributed by atoms with van der Waals surface area (Å²) in [5.74, 6) is 5.09. The van der Waals surface area contributed by atoms with Gasteiger partial charge in [0.05, 0.1) is 0 Å². The molecule has 3 aliphatic carbocycles. The molecular formula is C18H30B. The largest absolute Gasteiger partial charge is 0.117 e. The molecule has 0 N–H and O–H groups in total. The lowest BCUT2D eigenvalue weighted by Gasteiger charge is -2.67. The van der Waals surface area contributed by atoms with E-state index in [0.717, 1.165) is 29.4 Å². The van der Waals surface area contributed by atoms with Crippen LogP contribution in [0.3, 0.4) is 0 Å². The van der Waals surface area contributed by atoms with Gasteiger partial charge < -0.3 is 0 Å². The molecule has 0 aromatic rings. The monoisotopic (exact) mass is 257 g/mol. The van der Waals surface area contributed by atoms with Crippen LogP contribution in [0.15, 0.2) is 0 Å². The lowest BCUT2D eigenvalue weighted by atomic mass is 9.34. The summed E-state index contributed by atoms with van der Waals surface area (Å²) >= 11 is 0. The van der Waals surface area contributed by atoms with Crippen LogP contribution in [0.4, 0.5) is 0 Å². The van der Waals surface area contributed by atoms with Gasteiger partial charge in [0.25, 0.3) is 0 Å². The third kappa shape index (κ3) is 1.72. The van der Waals surface area contributed by atoms with E-state index >= 15 is 0 Å². The maximum Gasteiger partial charge on any atom is 0.117 e. The van der Waals surface area contributed by atoms with Crippen molar-refractivity contribution in [3.8, 4) is 0 Å². The van der Waals surface area contributed by atoms with Gasteiger partial charge >= 0.3 is 0 Å². The van der Waals surface area contributed by atoms with Crippen molar-refractivity contribution in [2.24, 2.45) is 28.6 Å². The minimum Gasteiger partial charge on any atom is -0.0683 e. The van der Waals surface area contributed by atoms with Crippen LogP contribution in [-0.2, 0) is 0 Å². The molecule has 105 valence electrons. The summed E-state index contributed by atoms with van der Waals surface area (Å²) in [6.45, 7) is 7.82. The molecule has 5 aliphatic rings. The molecule has 5 rings (SSSR count). The first kappa shape index (κ1) is 12.8. The van der Waals surface area contributed by atoms with E-state index in [-0.39, 0.29) is 0 Å². The Hall–Kier alpha value is 0.0649. The van der Waals surface area contributed by atoms with E-state index in [1.807, 2.05) is 0 Å². The number of hydrogen-bond donors (Lipinski definition) is 0. The molecule has 0 aromatic heterocycles. The summed E-state index contributed by atoms with van der Waals surface area (Å²) in [4.78, 5) is 0. The topological polar surface area (TPSA) is 0 Å². The van der Waals surface area contributed by atoms with Crippen molar-refractivity contribution >= 4 is 7.28 Å². The molecule has 3 saturated carbocycles. The van der Waals surface area contributed by atoms with Crippen LogP contribution in [0.1, 0.15) is 72.1 Å². The zero-order valence-corrected chi connectivity index (χ0v) is 13.1. The Morgan fingerprint density at radius 2 is 1.53 bits per heavy atom. The molecule has 0 nitrogen and oxygen atoms in total. The van der Waals surface area contributed by atoms with Gasteiger partial charge in [-0.25, -0.2) is 0 Å². The highest BCUT2D eigenvalue weighted by Crippen LogP contribution is 2.70. The van der Waals surface area contributed by atoms with Crippen molar-refractivity contribution in [3.05, 3.63) is 0 Å². The lowest BCUT2D eigenvalue weighted by Crippen LogP contribution is -2.59. The van der Waals surface area contributed by atoms with Gasteiger partial charge in [-0.2, -0.15) is 0 Å². The van der Waals surface area contributed by atoms with Crippen molar-refractivity contribution in [1.29, 1.82) is 0 Å². The maximum absolute atomic E-state index is 2.74. The number of rotatable bonds is 1. The molecule has 19 heavy (non-hydrogen) atoms. The second-order valence-corrected chi connectivity index (χ2v) is 9.16. The molecule has 5 fully saturated rings. The molecule has 4 bridgehead atoms. The molecule has 4 unspecified atom stereocenters. The summed E-state index contributed by atoms with van der Waals surface area (Å²) in [5.41, 5.74) is 1.34. The fourth-order valence-corrected chi connectivity index (χ4v) is 6.75. The standard InChI is InChI=1S/C18H30B/c1-17(2)12-7-8-18(3,16(17)11-12)13-9-14-5-4-6-15(10-13)19-14/h12-16H,4-11H2,1-3H3/t12?,13?,14?,15?,16-,18?/m1/s1. The first-order valence-electron chi connectivity index (χ1n) is 8.85. The van der Waals surface area contributed by atoms with Crippen molar-refractivity contribution < 1.29 is 0 Å². The Labute approximate surface area is 120 Å². The normalized spacial score (nSPS) is 55.0. The Bertz CT molecular complexity index is 360. The van der Waals surface area contributed by atoms with Crippen LogP contribution >= 0.6 is 0 Å². The molecule has 0 amide bonds. The molecule has 1 heteroatoms. The van der Waals surface area contributed by atoms with Crippen LogP contribution in [0.5, 0.6) is 0 Å². The number of hydrogen-bond acceptors (Lipinski definition) is 0. The van der Waals surface area contributed by atoms with Gasteiger partial charge in [0.2, 0.25) is 0 Å². The predicted octanol–water partition coefficient (Wildman–Crippen LogP) is 5.32. The van der Waals surface area contributed by atoms with Crippen molar-refractivity contribution in [3.63, 3.8) is 0 Å². The molecule has 5 atom stereocenters. The molecule has 2 saturated heterocycles. The second-order valence-electron chi connectivity index (χ2n) is 9.16. The third-order valence-corrected chi connectivity index (χ3v) is 8.10. The van der Waals surface area contributed by atoms with E-state index in [1.165, 1.54) is 44.9 Å². The van der Waals surface area contributed by atoms with Crippen molar-refractivity contribution in [2.75, 3.05) is 0 Å². The molecule has 2 aliphatic heterocycles.